The van der Waals surface area contributed by atoms with Gasteiger partial charge in [0.15, 0.2) is 5.82 Å². The fraction of sp³-hybridized carbons (Fsp3) is 0.667. The van der Waals surface area contributed by atoms with E-state index in [4.69, 9.17) is 5.73 Å². The lowest BCUT2D eigenvalue weighted by Gasteiger charge is -2.18. The van der Waals surface area contributed by atoms with Crippen LogP contribution in [0.4, 0.5) is 11.5 Å². The minimum atomic E-state index is 0.287. The van der Waals surface area contributed by atoms with E-state index in [1.165, 1.54) is 0 Å². The molecule has 0 bridgehead atoms. The summed E-state index contributed by atoms with van der Waals surface area (Å²) in [5, 5.41) is 11.4. The molecule has 0 radical (unpaired) electrons. The second kappa shape index (κ2) is 5.31. The van der Waals surface area contributed by atoms with Gasteiger partial charge in [-0.15, -0.1) is 5.10 Å². The summed E-state index contributed by atoms with van der Waals surface area (Å²) in [5.41, 5.74) is 7.02. The van der Waals surface area contributed by atoms with Crippen LogP contribution in [0.2, 0.25) is 0 Å². The van der Waals surface area contributed by atoms with Crippen molar-refractivity contribution in [1.82, 2.24) is 10.2 Å². The molecule has 1 saturated heterocycles. The van der Waals surface area contributed by atoms with E-state index in [0.29, 0.717) is 5.92 Å². The first kappa shape index (κ1) is 12.1. The minimum Gasteiger partial charge on any atom is -0.369 e. The average Bonchev–Trinajstić information content (AvgIpc) is 2.74. The molecule has 0 saturated carbocycles. The quantitative estimate of drug-likeness (QED) is 0.817. The van der Waals surface area contributed by atoms with Crippen LogP contribution in [0.3, 0.4) is 0 Å². The zero-order valence-electron chi connectivity index (χ0n) is 10.6. The van der Waals surface area contributed by atoms with Crippen LogP contribution in [0.25, 0.3) is 0 Å². The Morgan fingerprint density at radius 1 is 1.59 bits per heavy atom. The Morgan fingerprint density at radius 2 is 2.41 bits per heavy atom. The van der Waals surface area contributed by atoms with E-state index in [1.54, 1.807) is 6.20 Å². The first-order valence-electron chi connectivity index (χ1n) is 6.22. The molecule has 0 spiro atoms. The van der Waals surface area contributed by atoms with E-state index in [2.05, 4.69) is 34.3 Å². The highest BCUT2D eigenvalue weighted by molar-refractivity contribution is 5.52. The van der Waals surface area contributed by atoms with E-state index < -0.39 is 0 Å². The van der Waals surface area contributed by atoms with Crippen molar-refractivity contribution >= 4 is 11.5 Å². The van der Waals surface area contributed by atoms with Crippen LogP contribution in [0.1, 0.15) is 20.3 Å². The average molecular weight is 235 g/mol. The van der Waals surface area contributed by atoms with Crippen LogP contribution in [-0.4, -0.2) is 35.9 Å². The summed E-state index contributed by atoms with van der Waals surface area (Å²) in [4.78, 5) is 2.26. The molecule has 1 atom stereocenters. The SMILES string of the molecule is CC(C)CNc1cc(N2CC[C@@H](N)C2)cnn1. The lowest BCUT2D eigenvalue weighted by molar-refractivity contribution is 0.685. The molecule has 2 rings (SSSR count). The van der Waals surface area contributed by atoms with Gasteiger partial charge in [0.25, 0.3) is 0 Å². The van der Waals surface area contributed by atoms with Crippen molar-refractivity contribution in [3.63, 3.8) is 0 Å². The van der Waals surface area contributed by atoms with Crippen molar-refractivity contribution in [3.8, 4) is 0 Å². The molecule has 0 unspecified atom stereocenters. The smallest absolute Gasteiger partial charge is 0.150 e. The standard InChI is InChI=1S/C12H21N5/c1-9(2)6-14-12-5-11(7-15-16-12)17-4-3-10(13)8-17/h5,7,9-10H,3-4,6,8,13H2,1-2H3,(H,14,16)/t10-/m1/s1. The topological polar surface area (TPSA) is 67.1 Å². The lowest BCUT2D eigenvalue weighted by atomic mass is 10.2. The molecule has 5 heteroatoms. The van der Waals surface area contributed by atoms with E-state index >= 15 is 0 Å². The second-order valence-corrected chi connectivity index (χ2v) is 5.07. The van der Waals surface area contributed by atoms with E-state index in [9.17, 15) is 0 Å². The number of aromatic nitrogens is 2. The second-order valence-electron chi connectivity index (χ2n) is 5.07. The first-order valence-corrected chi connectivity index (χ1v) is 6.22. The van der Waals surface area contributed by atoms with Crippen LogP contribution >= 0.6 is 0 Å². The fourth-order valence-electron chi connectivity index (χ4n) is 1.95. The van der Waals surface area contributed by atoms with Crippen LogP contribution in [0, 0.1) is 5.92 Å². The third-order valence-electron chi connectivity index (χ3n) is 2.92. The number of nitrogens with zero attached hydrogens (tertiary/aromatic N) is 3. The molecule has 3 N–H and O–H groups in total. The van der Waals surface area contributed by atoms with Gasteiger partial charge in [-0.05, 0) is 12.3 Å². The van der Waals surface area contributed by atoms with Gasteiger partial charge in [-0.25, -0.2) is 0 Å². The molecule has 0 aliphatic carbocycles. The summed E-state index contributed by atoms with van der Waals surface area (Å²) in [6.07, 6.45) is 2.86. The number of hydrogen-bond acceptors (Lipinski definition) is 5. The van der Waals surface area contributed by atoms with Crippen molar-refractivity contribution in [3.05, 3.63) is 12.3 Å². The lowest BCUT2D eigenvalue weighted by Crippen LogP contribution is -2.26. The number of hydrogen-bond donors (Lipinski definition) is 2. The van der Waals surface area contributed by atoms with Gasteiger partial charge < -0.3 is 16.0 Å². The van der Waals surface area contributed by atoms with Gasteiger partial charge in [-0.3, -0.25) is 0 Å². The van der Waals surface area contributed by atoms with Gasteiger partial charge >= 0.3 is 0 Å². The fourth-order valence-corrected chi connectivity index (χ4v) is 1.95. The van der Waals surface area contributed by atoms with Crippen LogP contribution in [0.5, 0.6) is 0 Å². The van der Waals surface area contributed by atoms with Crippen molar-refractivity contribution in [2.75, 3.05) is 29.9 Å². The van der Waals surface area contributed by atoms with Gasteiger partial charge in [-0.2, -0.15) is 5.10 Å². The molecule has 17 heavy (non-hydrogen) atoms. The highest BCUT2D eigenvalue weighted by atomic mass is 15.2. The molecule has 1 fully saturated rings. The number of anilines is 2. The van der Waals surface area contributed by atoms with Gasteiger partial charge in [0, 0.05) is 31.7 Å². The molecular formula is C12H21N5. The summed E-state index contributed by atoms with van der Waals surface area (Å²) in [5.74, 6) is 1.44. The summed E-state index contributed by atoms with van der Waals surface area (Å²) in [6.45, 7) is 7.18. The Labute approximate surface area is 102 Å². The van der Waals surface area contributed by atoms with Gasteiger partial charge in [0.2, 0.25) is 0 Å². The minimum absolute atomic E-state index is 0.287. The number of nitrogens with two attached hydrogens (primary N) is 1. The largest absolute Gasteiger partial charge is 0.369 e. The molecule has 5 nitrogen and oxygen atoms in total. The van der Waals surface area contributed by atoms with E-state index in [1.807, 2.05) is 6.07 Å². The Balaban J connectivity index is 2.01. The zero-order valence-corrected chi connectivity index (χ0v) is 10.6. The molecule has 1 aromatic rings. The Morgan fingerprint density at radius 3 is 3.06 bits per heavy atom. The molecule has 1 aliphatic heterocycles. The Hall–Kier alpha value is -1.36. The summed E-state index contributed by atoms with van der Waals surface area (Å²) >= 11 is 0. The van der Waals surface area contributed by atoms with Crippen molar-refractivity contribution in [2.45, 2.75) is 26.3 Å². The molecule has 0 amide bonds. The van der Waals surface area contributed by atoms with E-state index in [0.717, 1.165) is 37.6 Å². The highest BCUT2D eigenvalue weighted by Crippen LogP contribution is 2.20. The summed E-state index contributed by atoms with van der Waals surface area (Å²) < 4.78 is 0. The van der Waals surface area contributed by atoms with Crippen LogP contribution in [0.15, 0.2) is 12.3 Å². The van der Waals surface area contributed by atoms with E-state index in [-0.39, 0.29) is 6.04 Å². The zero-order chi connectivity index (χ0) is 12.3. The summed E-state index contributed by atoms with van der Waals surface area (Å²) in [6, 6.07) is 2.34. The summed E-state index contributed by atoms with van der Waals surface area (Å²) in [7, 11) is 0. The van der Waals surface area contributed by atoms with Crippen LogP contribution in [-0.2, 0) is 0 Å². The number of nitrogens with one attached hydrogen (secondary N) is 1. The van der Waals surface area contributed by atoms with Gasteiger partial charge in [-0.1, -0.05) is 13.8 Å². The normalized spacial score (nSPS) is 20.0. The predicted octanol–water partition coefficient (Wildman–Crippen LogP) is 1.08. The maximum atomic E-state index is 5.91. The third kappa shape index (κ3) is 3.30. The Bertz CT molecular complexity index is 366. The third-order valence-corrected chi connectivity index (χ3v) is 2.92. The Kier molecular flexibility index (Phi) is 3.78. The highest BCUT2D eigenvalue weighted by Gasteiger charge is 2.19. The van der Waals surface area contributed by atoms with Gasteiger partial charge in [0.1, 0.15) is 0 Å². The van der Waals surface area contributed by atoms with Crippen molar-refractivity contribution in [1.29, 1.82) is 0 Å². The monoisotopic (exact) mass is 235 g/mol. The predicted molar refractivity (Wildman–Crippen MR) is 70.2 cm³/mol. The number of rotatable bonds is 4. The van der Waals surface area contributed by atoms with Gasteiger partial charge in [0.05, 0.1) is 11.9 Å². The molecule has 1 aliphatic rings. The first-order chi connectivity index (χ1) is 8.15. The molecular weight excluding hydrogens is 214 g/mol. The molecule has 2 heterocycles. The van der Waals surface area contributed by atoms with Crippen molar-refractivity contribution < 1.29 is 0 Å². The maximum absolute atomic E-state index is 5.91. The molecule has 0 aromatic carbocycles. The molecule has 1 aromatic heterocycles. The van der Waals surface area contributed by atoms with Crippen LogP contribution < -0.4 is 16.0 Å². The van der Waals surface area contributed by atoms with Crippen molar-refractivity contribution in [2.24, 2.45) is 11.7 Å². The molecule has 94 valence electrons. The maximum Gasteiger partial charge on any atom is 0.150 e.